The molecule has 0 bridgehead atoms. The SMILES string of the molecule is CC(C)c1nc2c(c(=O)[nH]1)CN(Cc1ccc3ccccc3n1)CC2. The van der Waals surface area contributed by atoms with Crippen molar-refractivity contribution < 1.29 is 0 Å². The van der Waals surface area contributed by atoms with E-state index in [2.05, 4.69) is 33.1 Å². The maximum atomic E-state index is 12.4. The molecule has 0 amide bonds. The summed E-state index contributed by atoms with van der Waals surface area (Å²) in [5.74, 6) is 1.02. The minimum atomic E-state index is 0.00451. The average molecular weight is 334 g/mol. The minimum Gasteiger partial charge on any atom is -0.310 e. The molecule has 0 spiro atoms. The van der Waals surface area contributed by atoms with Crippen LogP contribution in [0.3, 0.4) is 0 Å². The van der Waals surface area contributed by atoms with Crippen molar-refractivity contribution in [3.8, 4) is 0 Å². The highest BCUT2D eigenvalue weighted by atomic mass is 16.1. The molecule has 128 valence electrons. The Hall–Kier alpha value is -2.53. The van der Waals surface area contributed by atoms with E-state index in [1.54, 1.807) is 0 Å². The van der Waals surface area contributed by atoms with Gasteiger partial charge < -0.3 is 4.98 Å². The summed E-state index contributed by atoms with van der Waals surface area (Å²) in [5, 5.41) is 1.15. The predicted molar refractivity (Wildman–Crippen MR) is 98.5 cm³/mol. The summed E-state index contributed by atoms with van der Waals surface area (Å²) < 4.78 is 0. The van der Waals surface area contributed by atoms with E-state index in [4.69, 9.17) is 4.98 Å². The van der Waals surface area contributed by atoms with Crippen LogP contribution in [0, 0.1) is 0 Å². The number of nitrogens with zero attached hydrogens (tertiary/aromatic N) is 3. The molecule has 1 aliphatic rings. The first-order chi connectivity index (χ1) is 12.1. The summed E-state index contributed by atoms with van der Waals surface area (Å²) in [6.45, 7) is 6.37. The lowest BCUT2D eigenvalue weighted by Crippen LogP contribution is -2.36. The summed E-state index contributed by atoms with van der Waals surface area (Å²) >= 11 is 0. The van der Waals surface area contributed by atoms with Gasteiger partial charge in [0.15, 0.2) is 0 Å². The first-order valence-electron chi connectivity index (χ1n) is 8.79. The van der Waals surface area contributed by atoms with Crippen LogP contribution in [0.4, 0.5) is 0 Å². The Morgan fingerprint density at radius 2 is 2.00 bits per heavy atom. The van der Waals surface area contributed by atoms with Crippen molar-refractivity contribution in [3.05, 3.63) is 69.5 Å². The number of H-pyrrole nitrogens is 1. The van der Waals surface area contributed by atoms with Crippen molar-refractivity contribution in [3.63, 3.8) is 0 Å². The van der Waals surface area contributed by atoms with Gasteiger partial charge in [-0.15, -0.1) is 0 Å². The van der Waals surface area contributed by atoms with Gasteiger partial charge >= 0.3 is 0 Å². The van der Waals surface area contributed by atoms with E-state index in [0.29, 0.717) is 6.54 Å². The summed E-state index contributed by atoms with van der Waals surface area (Å²) in [4.78, 5) is 27.0. The van der Waals surface area contributed by atoms with Crippen molar-refractivity contribution in [2.45, 2.75) is 39.3 Å². The third kappa shape index (κ3) is 3.20. The molecule has 0 aliphatic carbocycles. The molecule has 5 heteroatoms. The van der Waals surface area contributed by atoms with Crippen molar-refractivity contribution in [1.29, 1.82) is 0 Å². The van der Waals surface area contributed by atoms with Crippen LogP contribution in [0.2, 0.25) is 0 Å². The largest absolute Gasteiger partial charge is 0.310 e. The van der Waals surface area contributed by atoms with E-state index in [9.17, 15) is 4.79 Å². The number of pyridine rings is 1. The lowest BCUT2D eigenvalue weighted by Gasteiger charge is -2.27. The standard InChI is InChI=1S/C20H22N4O/c1-13(2)19-22-18-9-10-24(12-16(18)20(25)23-19)11-15-8-7-14-5-3-4-6-17(14)21-15/h3-8,13H,9-12H2,1-2H3,(H,22,23,25). The first-order valence-corrected chi connectivity index (χ1v) is 8.79. The molecular formula is C20H22N4O. The summed E-state index contributed by atoms with van der Waals surface area (Å²) in [6.07, 6.45) is 0.812. The molecule has 2 aromatic heterocycles. The fraction of sp³-hybridized carbons (Fsp3) is 0.350. The van der Waals surface area contributed by atoms with Gasteiger partial charge in [0.05, 0.1) is 22.5 Å². The highest BCUT2D eigenvalue weighted by molar-refractivity contribution is 5.78. The Kier molecular flexibility index (Phi) is 4.09. The van der Waals surface area contributed by atoms with Crippen LogP contribution in [0.25, 0.3) is 10.9 Å². The van der Waals surface area contributed by atoms with Crippen LogP contribution < -0.4 is 5.56 Å². The van der Waals surface area contributed by atoms with Gasteiger partial charge in [-0.25, -0.2) is 4.98 Å². The van der Waals surface area contributed by atoms with Crippen LogP contribution in [0.5, 0.6) is 0 Å². The second kappa shape index (κ2) is 6.41. The third-order valence-corrected chi connectivity index (χ3v) is 4.75. The number of rotatable bonds is 3. The summed E-state index contributed by atoms with van der Waals surface area (Å²) in [6, 6.07) is 12.3. The fourth-order valence-corrected chi connectivity index (χ4v) is 3.33. The molecule has 0 radical (unpaired) electrons. The number of aromatic amines is 1. The Morgan fingerprint density at radius 3 is 2.84 bits per heavy atom. The van der Waals surface area contributed by atoms with E-state index >= 15 is 0 Å². The predicted octanol–water partition coefficient (Wildman–Crippen LogP) is 3.00. The second-order valence-electron chi connectivity index (χ2n) is 6.99. The molecule has 3 heterocycles. The van der Waals surface area contributed by atoms with E-state index < -0.39 is 0 Å². The number of hydrogen-bond donors (Lipinski definition) is 1. The third-order valence-electron chi connectivity index (χ3n) is 4.75. The lowest BCUT2D eigenvalue weighted by molar-refractivity contribution is 0.239. The Balaban J connectivity index is 1.56. The molecular weight excluding hydrogens is 312 g/mol. The highest BCUT2D eigenvalue weighted by Crippen LogP contribution is 2.19. The summed E-state index contributed by atoms with van der Waals surface area (Å²) in [7, 11) is 0. The molecule has 0 unspecified atom stereocenters. The maximum absolute atomic E-state index is 12.4. The maximum Gasteiger partial charge on any atom is 0.255 e. The van der Waals surface area contributed by atoms with E-state index in [1.807, 2.05) is 32.0 Å². The quantitative estimate of drug-likeness (QED) is 0.800. The van der Waals surface area contributed by atoms with Gasteiger partial charge in [0.1, 0.15) is 5.82 Å². The van der Waals surface area contributed by atoms with E-state index in [-0.39, 0.29) is 11.5 Å². The fourth-order valence-electron chi connectivity index (χ4n) is 3.33. The Labute approximate surface area is 146 Å². The molecule has 0 fully saturated rings. The summed E-state index contributed by atoms with van der Waals surface area (Å²) in [5.41, 5.74) is 3.81. The molecule has 1 N–H and O–H groups in total. The zero-order valence-corrected chi connectivity index (χ0v) is 14.6. The number of aromatic nitrogens is 3. The van der Waals surface area contributed by atoms with Crippen LogP contribution >= 0.6 is 0 Å². The van der Waals surface area contributed by atoms with Gasteiger partial charge in [0.25, 0.3) is 5.56 Å². The molecule has 25 heavy (non-hydrogen) atoms. The molecule has 0 saturated carbocycles. The van der Waals surface area contributed by atoms with Crippen molar-refractivity contribution in [2.24, 2.45) is 0 Å². The smallest absolute Gasteiger partial charge is 0.255 e. The second-order valence-corrected chi connectivity index (χ2v) is 6.99. The van der Waals surface area contributed by atoms with Crippen LogP contribution in [0.1, 0.15) is 42.5 Å². The van der Waals surface area contributed by atoms with Crippen molar-refractivity contribution in [1.82, 2.24) is 19.9 Å². The van der Waals surface area contributed by atoms with Gasteiger partial charge in [-0.2, -0.15) is 0 Å². The normalized spacial score (nSPS) is 14.8. The number of para-hydroxylation sites is 1. The van der Waals surface area contributed by atoms with E-state index in [0.717, 1.165) is 53.2 Å². The van der Waals surface area contributed by atoms with Gasteiger partial charge in [0, 0.05) is 37.4 Å². The molecule has 3 aromatic rings. The van der Waals surface area contributed by atoms with Crippen LogP contribution in [-0.2, 0) is 19.5 Å². The number of hydrogen-bond acceptors (Lipinski definition) is 4. The lowest BCUT2D eigenvalue weighted by atomic mass is 10.1. The molecule has 1 aliphatic heterocycles. The molecule has 0 saturated heterocycles. The number of benzene rings is 1. The molecule has 0 atom stereocenters. The van der Waals surface area contributed by atoms with Gasteiger partial charge in [-0.1, -0.05) is 38.1 Å². The Bertz CT molecular complexity index is 977. The van der Waals surface area contributed by atoms with Gasteiger partial charge in [-0.3, -0.25) is 14.7 Å². The number of nitrogens with one attached hydrogen (secondary N) is 1. The molecule has 4 rings (SSSR count). The molecule has 5 nitrogen and oxygen atoms in total. The topological polar surface area (TPSA) is 61.9 Å². The first kappa shape index (κ1) is 16.0. The zero-order chi connectivity index (χ0) is 17.4. The monoisotopic (exact) mass is 334 g/mol. The van der Waals surface area contributed by atoms with Crippen molar-refractivity contribution >= 4 is 10.9 Å². The van der Waals surface area contributed by atoms with Crippen molar-refractivity contribution in [2.75, 3.05) is 6.54 Å². The van der Waals surface area contributed by atoms with Crippen LogP contribution in [0.15, 0.2) is 41.2 Å². The minimum absolute atomic E-state index is 0.00451. The van der Waals surface area contributed by atoms with Gasteiger partial charge in [-0.05, 0) is 12.1 Å². The van der Waals surface area contributed by atoms with Crippen LogP contribution in [-0.4, -0.2) is 26.4 Å². The zero-order valence-electron chi connectivity index (χ0n) is 14.6. The number of fused-ring (bicyclic) bond motifs is 2. The highest BCUT2D eigenvalue weighted by Gasteiger charge is 2.22. The Morgan fingerprint density at radius 1 is 1.16 bits per heavy atom. The van der Waals surface area contributed by atoms with E-state index in [1.165, 1.54) is 0 Å². The average Bonchev–Trinajstić information content (AvgIpc) is 2.62. The van der Waals surface area contributed by atoms with Gasteiger partial charge in [0.2, 0.25) is 0 Å². The molecule has 1 aromatic carbocycles.